The molecule has 2 aromatic rings. The average Bonchev–Trinajstić information content (AvgIpc) is 3.19. The van der Waals surface area contributed by atoms with Crippen LogP contribution in [0.1, 0.15) is 18.1 Å². The minimum absolute atomic E-state index is 0.00132. The number of sulfonamides is 1. The van der Waals surface area contributed by atoms with Gasteiger partial charge in [-0.15, -0.1) is 0 Å². The Bertz CT molecular complexity index is 1320. The monoisotopic (exact) mass is 474 g/mol. The molecule has 1 aromatic heterocycles. The predicted molar refractivity (Wildman–Crippen MR) is 122 cm³/mol. The summed E-state index contributed by atoms with van der Waals surface area (Å²) in [6, 6.07) is 3.11. The maximum Gasteiger partial charge on any atom is 0.251 e. The van der Waals surface area contributed by atoms with Crippen LogP contribution in [-0.4, -0.2) is 71.8 Å². The number of hydrogen-bond donors (Lipinski definition) is 2. The van der Waals surface area contributed by atoms with E-state index in [0.29, 0.717) is 5.84 Å². The molecule has 0 aliphatic carbocycles. The summed E-state index contributed by atoms with van der Waals surface area (Å²) in [5.41, 5.74) is 5.55. The number of carbonyl (C=O) groups excluding carboxylic acids is 1. The fourth-order valence-corrected chi connectivity index (χ4v) is 5.02. The third-order valence-electron chi connectivity index (χ3n) is 5.42. The second-order valence-corrected chi connectivity index (χ2v) is 10.1. The molecule has 11 nitrogen and oxygen atoms in total. The zero-order valence-electron chi connectivity index (χ0n) is 18.2. The maximum atomic E-state index is 14.7. The molecule has 0 bridgehead atoms. The first-order chi connectivity index (χ1) is 15.5. The molecule has 33 heavy (non-hydrogen) atoms. The van der Waals surface area contributed by atoms with Crippen LogP contribution in [0.25, 0.3) is 0 Å². The number of nitrogens with zero attached hydrogens (tertiary/aromatic N) is 6. The first-order valence-electron chi connectivity index (χ1n) is 10.0. The fraction of sp³-hybridized carbons (Fsp3) is 0.350. The number of benzene rings is 1. The summed E-state index contributed by atoms with van der Waals surface area (Å²) in [6.07, 6.45) is 4.96. The first-order valence-corrected chi connectivity index (χ1v) is 11.6. The Balaban J connectivity index is 1.53. The van der Waals surface area contributed by atoms with E-state index in [1.807, 2.05) is 6.92 Å². The third-order valence-corrected chi connectivity index (χ3v) is 7.37. The zero-order valence-corrected chi connectivity index (χ0v) is 19.0. The van der Waals surface area contributed by atoms with Crippen molar-refractivity contribution in [1.29, 1.82) is 0 Å². The highest BCUT2D eigenvalue weighted by Crippen LogP contribution is 2.34. The van der Waals surface area contributed by atoms with E-state index in [1.54, 1.807) is 17.1 Å². The van der Waals surface area contributed by atoms with Crippen LogP contribution in [0.4, 0.5) is 10.1 Å². The summed E-state index contributed by atoms with van der Waals surface area (Å²) in [7, 11) is -2.50. The summed E-state index contributed by atoms with van der Waals surface area (Å²) >= 11 is 0. The average molecular weight is 475 g/mol. The van der Waals surface area contributed by atoms with Gasteiger partial charge in [-0.05, 0) is 37.6 Å². The molecule has 0 saturated heterocycles. The molecule has 2 aliphatic rings. The van der Waals surface area contributed by atoms with Crippen molar-refractivity contribution in [1.82, 2.24) is 14.1 Å². The molecule has 0 saturated carbocycles. The Morgan fingerprint density at radius 1 is 1.36 bits per heavy atom. The fourth-order valence-electron chi connectivity index (χ4n) is 3.57. The summed E-state index contributed by atoms with van der Waals surface area (Å²) in [5.74, 6) is -1.29. The van der Waals surface area contributed by atoms with Gasteiger partial charge in [0.1, 0.15) is 17.4 Å². The van der Waals surface area contributed by atoms with Gasteiger partial charge in [0, 0.05) is 24.5 Å². The van der Waals surface area contributed by atoms with Gasteiger partial charge in [-0.1, -0.05) is 0 Å². The zero-order chi connectivity index (χ0) is 24.0. The number of nitrogens with one attached hydrogen (secondary N) is 1. The number of carbonyl (C=O) groups is 1. The van der Waals surface area contributed by atoms with E-state index in [9.17, 15) is 17.6 Å². The second-order valence-electron chi connectivity index (χ2n) is 8.11. The number of hydrogen-bond acceptors (Lipinski definition) is 8. The van der Waals surface area contributed by atoms with Gasteiger partial charge in [0.2, 0.25) is 16.0 Å². The lowest BCUT2D eigenvalue weighted by Gasteiger charge is -2.34. The minimum Gasteiger partial charge on any atom is -0.369 e. The normalized spacial score (nSPS) is 24.2. The SMILES string of the molecule is Cc1cnn(C2=NCC(C(=O)Nc3ccc(F)c([C@]4(C)CS(=O)(=O)N(C)C(N)=N4)c3)N=C2)c1. The standard InChI is InChI=1S/C20H23FN8O3S/c1-12-7-25-29(10-12)17-9-23-16(8-24-17)18(30)26-13-4-5-15(21)14(6-13)20(2)11-33(31,32)28(3)19(22)27-20/h4-7,9-10,16H,8,11H2,1-3H3,(H2,22,27)(H,26,30)/t16?,20-/m0/s1. The van der Waals surface area contributed by atoms with Gasteiger partial charge in [0.15, 0.2) is 5.84 Å². The third kappa shape index (κ3) is 4.35. The van der Waals surface area contributed by atoms with Crippen LogP contribution >= 0.6 is 0 Å². The lowest BCUT2D eigenvalue weighted by molar-refractivity contribution is -0.117. The Morgan fingerprint density at radius 3 is 2.73 bits per heavy atom. The summed E-state index contributed by atoms with van der Waals surface area (Å²) in [4.78, 5) is 25.5. The molecule has 1 aromatic carbocycles. The van der Waals surface area contributed by atoms with Crippen molar-refractivity contribution >= 4 is 39.6 Å². The number of guanidine groups is 1. The molecule has 0 spiro atoms. The van der Waals surface area contributed by atoms with Crippen LogP contribution < -0.4 is 11.1 Å². The highest BCUT2D eigenvalue weighted by molar-refractivity contribution is 7.89. The van der Waals surface area contributed by atoms with Crippen molar-refractivity contribution in [3.05, 3.63) is 47.5 Å². The molecule has 0 radical (unpaired) electrons. The number of anilines is 1. The van der Waals surface area contributed by atoms with E-state index in [0.717, 1.165) is 15.9 Å². The van der Waals surface area contributed by atoms with Crippen LogP contribution in [0, 0.1) is 12.7 Å². The van der Waals surface area contributed by atoms with Crippen molar-refractivity contribution in [2.75, 3.05) is 24.7 Å². The Labute approximate surface area is 190 Å². The second kappa shape index (κ2) is 8.06. The smallest absolute Gasteiger partial charge is 0.251 e. The van der Waals surface area contributed by atoms with Gasteiger partial charge in [-0.25, -0.2) is 26.8 Å². The van der Waals surface area contributed by atoms with Gasteiger partial charge in [0.05, 0.1) is 24.7 Å². The number of aromatic nitrogens is 2. The van der Waals surface area contributed by atoms with Gasteiger partial charge in [0.25, 0.3) is 5.91 Å². The molecule has 1 amide bonds. The maximum absolute atomic E-state index is 14.7. The van der Waals surface area contributed by atoms with Crippen molar-refractivity contribution in [3.63, 3.8) is 0 Å². The Hall–Kier alpha value is -3.61. The molecule has 174 valence electrons. The number of amides is 1. The van der Waals surface area contributed by atoms with E-state index < -0.39 is 39.1 Å². The molecule has 3 N–H and O–H groups in total. The number of rotatable bonds is 3. The molecular formula is C20H23FN8O3S. The van der Waals surface area contributed by atoms with Gasteiger partial charge < -0.3 is 11.1 Å². The van der Waals surface area contributed by atoms with Crippen molar-refractivity contribution in [2.45, 2.75) is 25.4 Å². The van der Waals surface area contributed by atoms with Crippen LogP contribution in [0.15, 0.2) is 45.6 Å². The summed E-state index contributed by atoms with van der Waals surface area (Å²) < 4.78 is 42.0. The molecule has 4 rings (SSSR count). The number of nitrogens with two attached hydrogens (primary N) is 1. The van der Waals surface area contributed by atoms with E-state index in [4.69, 9.17) is 5.73 Å². The van der Waals surface area contributed by atoms with Crippen molar-refractivity contribution < 1.29 is 17.6 Å². The lowest BCUT2D eigenvalue weighted by Crippen LogP contribution is -2.50. The van der Waals surface area contributed by atoms with Gasteiger partial charge in [-0.2, -0.15) is 5.10 Å². The number of halogens is 1. The van der Waals surface area contributed by atoms with E-state index >= 15 is 0 Å². The Kier molecular flexibility index (Phi) is 5.52. The van der Waals surface area contributed by atoms with E-state index in [1.165, 1.54) is 32.3 Å². The van der Waals surface area contributed by atoms with E-state index in [-0.39, 0.29) is 23.8 Å². The van der Waals surface area contributed by atoms with Gasteiger partial charge in [-0.3, -0.25) is 14.8 Å². The van der Waals surface area contributed by atoms with Crippen LogP contribution in [-0.2, 0) is 20.4 Å². The molecular weight excluding hydrogens is 451 g/mol. The highest BCUT2D eigenvalue weighted by atomic mass is 32.2. The number of aliphatic imine (C=N–C) groups is 3. The quantitative estimate of drug-likeness (QED) is 0.664. The Morgan fingerprint density at radius 2 is 2.12 bits per heavy atom. The molecule has 1 unspecified atom stereocenters. The minimum atomic E-state index is -3.78. The summed E-state index contributed by atoms with van der Waals surface area (Å²) in [6.45, 7) is 3.50. The van der Waals surface area contributed by atoms with Crippen molar-refractivity contribution in [3.8, 4) is 0 Å². The highest BCUT2D eigenvalue weighted by Gasteiger charge is 2.41. The van der Waals surface area contributed by atoms with Crippen LogP contribution in [0.5, 0.6) is 0 Å². The molecule has 0 fully saturated rings. The molecule has 3 heterocycles. The topological polar surface area (TPSA) is 147 Å². The van der Waals surface area contributed by atoms with Crippen molar-refractivity contribution in [2.24, 2.45) is 20.7 Å². The van der Waals surface area contributed by atoms with Crippen LogP contribution in [0.2, 0.25) is 0 Å². The lowest BCUT2D eigenvalue weighted by atomic mass is 9.93. The van der Waals surface area contributed by atoms with Gasteiger partial charge >= 0.3 is 0 Å². The summed E-state index contributed by atoms with van der Waals surface area (Å²) in [5, 5.41) is 6.84. The van der Waals surface area contributed by atoms with E-state index in [2.05, 4.69) is 25.4 Å². The molecule has 13 heteroatoms. The molecule has 2 atom stereocenters. The largest absolute Gasteiger partial charge is 0.369 e. The molecule has 2 aliphatic heterocycles. The predicted octanol–water partition coefficient (Wildman–Crippen LogP) is 0.474. The number of aryl methyl sites for hydroxylation is 1. The van der Waals surface area contributed by atoms with Crippen LogP contribution in [0.3, 0.4) is 0 Å². The first kappa shape index (κ1) is 22.6.